The van der Waals surface area contributed by atoms with Crippen LogP contribution < -0.4 is 0 Å². The van der Waals surface area contributed by atoms with E-state index in [2.05, 4.69) is 0 Å². The average molecular weight is 288 g/mol. The maximum atomic E-state index is 12.2. The molecule has 0 radical (unpaired) electrons. The molecule has 1 heterocycles. The summed E-state index contributed by atoms with van der Waals surface area (Å²) >= 11 is 1.50. The quantitative estimate of drug-likeness (QED) is 0.853. The fourth-order valence-electron chi connectivity index (χ4n) is 2.18. The van der Waals surface area contributed by atoms with E-state index >= 15 is 0 Å². The van der Waals surface area contributed by atoms with E-state index in [-0.39, 0.29) is 12.8 Å². The molecule has 5 heteroatoms. The Morgan fingerprint density at radius 1 is 1.16 bits per heavy atom. The number of fused-ring (bicyclic) bond motifs is 1. The Balaban J connectivity index is 2.17. The van der Waals surface area contributed by atoms with E-state index in [1.165, 1.54) is 11.3 Å². The van der Waals surface area contributed by atoms with Gasteiger partial charge in [0.2, 0.25) is 0 Å². The molecular weight excluding hydrogens is 273 g/mol. The van der Waals surface area contributed by atoms with Crippen molar-refractivity contribution in [1.82, 2.24) is 0 Å². The van der Waals surface area contributed by atoms with E-state index in [0.29, 0.717) is 5.56 Å². The number of alkyl halides is 3. The Bertz CT molecular complexity index is 557. The number of benzene rings is 1. The molecule has 1 unspecified atom stereocenters. The molecule has 0 saturated carbocycles. The van der Waals surface area contributed by atoms with Gasteiger partial charge in [0.15, 0.2) is 0 Å². The highest BCUT2D eigenvalue weighted by Crippen LogP contribution is 2.36. The van der Waals surface area contributed by atoms with Crippen LogP contribution in [0.1, 0.15) is 31.7 Å². The third kappa shape index (κ3) is 3.48. The molecule has 1 nitrogen and oxygen atoms in total. The molecule has 1 atom stereocenters. The molecule has 0 aliphatic rings. The lowest BCUT2D eigenvalue weighted by molar-refractivity contribution is -0.137. The second-order valence-electron chi connectivity index (χ2n) is 4.89. The highest BCUT2D eigenvalue weighted by atomic mass is 32.1. The summed E-state index contributed by atoms with van der Waals surface area (Å²) in [6.07, 6.45) is -4.99. The zero-order valence-corrected chi connectivity index (χ0v) is 11.3. The smallest absolute Gasteiger partial charge is 0.385 e. The van der Waals surface area contributed by atoms with Crippen LogP contribution >= 0.6 is 11.3 Å². The van der Waals surface area contributed by atoms with Crippen LogP contribution in [0.3, 0.4) is 0 Å². The standard InChI is InChI=1S/C14H15F3OS/c1-13(18,7-3-8-14(15,16)17)11-5-2-4-10-6-9-19-12(10)11/h2,4-6,9,18H,3,7-8H2,1H3. The summed E-state index contributed by atoms with van der Waals surface area (Å²) in [6.45, 7) is 1.58. The van der Waals surface area contributed by atoms with Gasteiger partial charge in [0.05, 0.1) is 5.60 Å². The van der Waals surface area contributed by atoms with Gasteiger partial charge in [-0.1, -0.05) is 18.2 Å². The number of aliphatic hydroxyl groups is 1. The lowest BCUT2D eigenvalue weighted by Crippen LogP contribution is -2.22. The summed E-state index contributed by atoms with van der Waals surface area (Å²) in [5.41, 5.74) is -0.516. The van der Waals surface area contributed by atoms with E-state index in [9.17, 15) is 18.3 Å². The van der Waals surface area contributed by atoms with Crippen LogP contribution in [0.25, 0.3) is 10.1 Å². The maximum Gasteiger partial charge on any atom is 0.389 e. The lowest BCUT2D eigenvalue weighted by atomic mass is 9.90. The normalized spacial score (nSPS) is 15.6. The minimum atomic E-state index is -4.16. The number of hydrogen-bond acceptors (Lipinski definition) is 2. The molecule has 0 amide bonds. The topological polar surface area (TPSA) is 20.2 Å². The zero-order chi connectivity index (χ0) is 14.1. The van der Waals surface area contributed by atoms with Crippen LogP contribution in [0.15, 0.2) is 29.6 Å². The van der Waals surface area contributed by atoms with E-state index in [0.717, 1.165) is 10.1 Å². The van der Waals surface area contributed by atoms with Crippen LogP contribution in [-0.2, 0) is 5.60 Å². The molecule has 1 N–H and O–H groups in total. The van der Waals surface area contributed by atoms with Crippen molar-refractivity contribution in [2.75, 3.05) is 0 Å². The number of halogens is 3. The van der Waals surface area contributed by atoms with Gasteiger partial charge in [-0.25, -0.2) is 0 Å². The van der Waals surface area contributed by atoms with Gasteiger partial charge in [-0.15, -0.1) is 11.3 Å². The van der Waals surface area contributed by atoms with Gasteiger partial charge in [-0.3, -0.25) is 0 Å². The van der Waals surface area contributed by atoms with Gasteiger partial charge in [-0.05, 0) is 36.6 Å². The SMILES string of the molecule is CC(O)(CCCC(F)(F)F)c1cccc2ccsc12. The van der Waals surface area contributed by atoms with E-state index in [1.54, 1.807) is 13.0 Å². The van der Waals surface area contributed by atoms with Gasteiger partial charge < -0.3 is 5.11 Å². The Morgan fingerprint density at radius 3 is 2.58 bits per heavy atom. The fraction of sp³-hybridized carbons (Fsp3) is 0.429. The molecule has 0 fully saturated rings. The zero-order valence-electron chi connectivity index (χ0n) is 10.5. The minimum Gasteiger partial charge on any atom is -0.385 e. The molecule has 2 rings (SSSR count). The number of thiophene rings is 1. The first kappa shape index (κ1) is 14.3. The molecule has 0 saturated heterocycles. The first-order valence-corrected chi connectivity index (χ1v) is 6.93. The minimum absolute atomic E-state index is 0.0712. The largest absolute Gasteiger partial charge is 0.389 e. The molecule has 0 aliphatic heterocycles. The Morgan fingerprint density at radius 2 is 1.89 bits per heavy atom. The first-order chi connectivity index (χ1) is 8.80. The van der Waals surface area contributed by atoms with Gasteiger partial charge in [0, 0.05) is 16.7 Å². The molecule has 1 aromatic heterocycles. The molecule has 0 bridgehead atoms. The van der Waals surface area contributed by atoms with Crippen molar-refractivity contribution in [3.8, 4) is 0 Å². The van der Waals surface area contributed by atoms with E-state index in [1.807, 2.05) is 23.6 Å². The molecule has 104 valence electrons. The lowest BCUT2D eigenvalue weighted by Gasteiger charge is -2.24. The van der Waals surface area contributed by atoms with Crippen molar-refractivity contribution in [3.05, 3.63) is 35.2 Å². The summed E-state index contributed by atoms with van der Waals surface area (Å²) in [4.78, 5) is 0. The van der Waals surface area contributed by atoms with E-state index < -0.39 is 18.2 Å². The highest BCUT2D eigenvalue weighted by Gasteiger charge is 2.30. The molecule has 0 spiro atoms. The third-order valence-corrected chi connectivity index (χ3v) is 4.15. The fourth-order valence-corrected chi connectivity index (χ4v) is 3.22. The molecular formula is C14H15F3OS. The maximum absolute atomic E-state index is 12.2. The summed E-state index contributed by atoms with van der Waals surface area (Å²) in [6, 6.07) is 7.48. The molecule has 0 aliphatic carbocycles. The predicted octanol–water partition coefficient (Wildman–Crippen LogP) is 4.84. The number of rotatable bonds is 4. The second kappa shape index (κ2) is 5.13. The van der Waals surface area contributed by atoms with Gasteiger partial charge >= 0.3 is 6.18 Å². The van der Waals surface area contributed by atoms with Gasteiger partial charge in [0.25, 0.3) is 0 Å². The summed E-state index contributed by atoms with van der Waals surface area (Å²) < 4.78 is 37.4. The Hall–Kier alpha value is -1.07. The molecule has 2 aromatic rings. The van der Waals surface area contributed by atoms with Crippen LogP contribution in [-0.4, -0.2) is 11.3 Å². The highest BCUT2D eigenvalue weighted by molar-refractivity contribution is 7.17. The second-order valence-corrected chi connectivity index (χ2v) is 5.80. The van der Waals surface area contributed by atoms with Crippen LogP contribution in [0, 0.1) is 0 Å². The average Bonchev–Trinajstić information content (AvgIpc) is 2.73. The van der Waals surface area contributed by atoms with Crippen LogP contribution in [0.2, 0.25) is 0 Å². The molecule has 19 heavy (non-hydrogen) atoms. The van der Waals surface area contributed by atoms with Crippen LogP contribution in [0.4, 0.5) is 13.2 Å². The van der Waals surface area contributed by atoms with Crippen LogP contribution in [0.5, 0.6) is 0 Å². The van der Waals surface area contributed by atoms with Crippen molar-refractivity contribution in [1.29, 1.82) is 0 Å². The Labute approximate surface area is 113 Å². The molecule has 1 aromatic carbocycles. The predicted molar refractivity (Wildman–Crippen MR) is 71.3 cm³/mol. The van der Waals surface area contributed by atoms with Crippen molar-refractivity contribution >= 4 is 21.4 Å². The van der Waals surface area contributed by atoms with Gasteiger partial charge in [-0.2, -0.15) is 13.2 Å². The first-order valence-electron chi connectivity index (χ1n) is 6.05. The van der Waals surface area contributed by atoms with Crippen molar-refractivity contribution in [2.45, 2.75) is 38.0 Å². The number of hydrogen-bond donors (Lipinski definition) is 1. The summed E-state index contributed by atoms with van der Waals surface area (Å²) in [5.74, 6) is 0. The van der Waals surface area contributed by atoms with E-state index in [4.69, 9.17) is 0 Å². The monoisotopic (exact) mass is 288 g/mol. The Kier molecular flexibility index (Phi) is 3.87. The summed E-state index contributed by atoms with van der Waals surface area (Å²) in [5, 5.41) is 13.4. The van der Waals surface area contributed by atoms with Gasteiger partial charge in [0.1, 0.15) is 0 Å². The van der Waals surface area contributed by atoms with Crippen molar-refractivity contribution in [2.24, 2.45) is 0 Å². The summed E-state index contributed by atoms with van der Waals surface area (Å²) in [7, 11) is 0. The van der Waals surface area contributed by atoms with Crippen molar-refractivity contribution < 1.29 is 18.3 Å². The van der Waals surface area contributed by atoms with Crippen molar-refractivity contribution in [3.63, 3.8) is 0 Å². The third-order valence-electron chi connectivity index (χ3n) is 3.18.